The Morgan fingerprint density at radius 2 is 1.41 bits per heavy atom. The highest BCUT2D eigenvalue weighted by Gasteiger charge is 2.14. The molecule has 0 unspecified atom stereocenters. The molecule has 0 saturated heterocycles. The maximum absolute atomic E-state index is 5.59. The summed E-state index contributed by atoms with van der Waals surface area (Å²) in [5, 5.41) is 14.3. The summed E-state index contributed by atoms with van der Waals surface area (Å²) < 4.78 is 21.8. The quantitative estimate of drug-likeness (QED) is 0.723. The van der Waals surface area contributed by atoms with Gasteiger partial charge in [-0.1, -0.05) is 0 Å². The minimum atomic E-state index is 0.234. The Balaban J connectivity index is 1.33. The molecule has 0 radical (unpaired) electrons. The minimum Gasteiger partial charge on any atom is -0.486 e. The van der Waals surface area contributed by atoms with Crippen LogP contribution in [0.25, 0.3) is 0 Å². The van der Waals surface area contributed by atoms with Crippen LogP contribution in [0.3, 0.4) is 0 Å². The number of benzene rings is 2. The molecule has 2 aliphatic rings. The maximum Gasteiger partial charge on any atom is 0.249 e. The van der Waals surface area contributed by atoms with E-state index in [0.29, 0.717) is 36.5 Å². The molecule has 1 aromatic heterocycles. The van der Waals surface area contributed by atoms with Crippen LogP contribution in [-0.4, -0.2) is 35.2 Å². The Morgan fingerprint density at radius 1 is 0.741 bits per heavy atom. The molecule has 27 heavy (non-hydrogen) atoms. The van der Waals surface area contributed by atoms with Gasteiger partial charge in [-0.25, -0.2) is 0 Å². The highest BCUT2D eigenvalue weighted by molar-refractivity contribution is 5.63. The van der Waals surface area contributed by atoms with Crippen molar-refractivity contribution in [3.63, 3.8) is 0 Å². The highest BCUT2D eigenvalue weighted by Crippen LogP contribution is 2.35. The first kappa shape index (κ1) is 15.5. The summed E-state index contributed by atoms with van der Waals surface area (Å²) in [5.41, 5.74) is 1.59. The summed E-state index contributed by atoms with van der Waals surface area (Å²) in [5.74, 6) is 3.73. The first-order valence-electron chi connectivity index (χ1n) is 8.36. The number of aromatic nitrogens is 3. The molecule has 2 N–H and O–H groups in total. The largest absolute Gasteiger partial charge is 0.486 e. The molecule has 0 amide bonds. The fourth-order valence-corrected chi connectivity index (χ4v) is 2.79. The molecule has 136 valence electrons. The standard InChI is InChI=1S/C18H15N5O4/c1-4-14-16(27-10-26-14)7-11(1)20-17-9-19-23-18(22-17)21-12-2-3-13-15(8-12)25-6-5-24-13/h1-4,7-9H,5-6,10H2,(H2,20,21,22,23). The number of anilines is 4. The zero-order valence-corrected chi connectivity index (χ0v) is 14.1. The normalized spacial score (nSPS) is 13.9. The lowest BCUT2D eigenvalue weighted by molar-refractivity contribution is 0.171. The molecule has 9 nitrogen and oxygen atoms in total. The van der Waals surface area contributed by atoms with Gasteiger partial charge in [0.2, 0.25) is 12.7 Å². The van der Waals surface area contributed by atoms with Crippen LogP contribution in [0.2, 0.25) is 0 Å². The molecule has 5 rings (SSSR count). The Labute approximate surface area is 154 Å². The van der Waals surface area contributed by atoms with E-state index >= 15 is 0 Å². The van der Waals surface area contributed by atoms with Crippen molar-refractivity contribution in [3.05, 3.63) is 42.6 Å². The van der Waals surface area contributed by atoms with E-state index in [1.165, 1.54) is 0 Å². The third kappa shape index (κ3) is 3.22. The van der Waals surface area contributed by atoms with Gasteiger partial charge >= 0.3 is 0 Å². The van der Waals surface area contributed by atoms with E-state index in [0.717, 1.165) is 22.9 Å². The average molecular weight is 365 g/mol. The molecule has 0 aliphatic carbocycles. The summed E-state index contributed by atoms with van der Waals surface area (Å²) in [4.78, 5) is 4.43. The van der Waals surface area contributed by atoms with Crippen molar-refractivity contribution < 1.29 is 18.9 Å². The molecule has 0 saturated carbocycles. The monoisotopic (exact) mass is 365 g/mol. The number of fused-ring (bicyclic) bond motifs is 2. The van der Waals surface area contributed by atoms with E-state index in [-0.39, 0.29) is 6.79 Å². The van der Waals surface area contributed by atoms with Gasteiger partial charge in [-0.2, -0.15) is 10.1 Å². The Morgan fingerprint density at radius 3 is 2.26 bits per heavy atom. The van der Waals surface area contributed by atoms with Crippen LogP contribution in [0.4, 0.5) is 23.1 Å². The minimum absolute atomic E-state index is 0.234. The molecule has 2 aliphatic heterocycles. The van der Waals surface area contributed by atoms with Gasteiger partial charge in [0, 0.05) is 23.5 Å². The fraction of sp³-hybridized carbons (Fsp3) is 0.167. The van der Waals surface area contributed by atoms with Crippen molar-refractivity contribution in [1.29, 1.82) is 0 Å². The lowest BCUT2D eigenvalue weighted by Gasteiger charge is -2.19. The van der Waals surface area contributed by atoms with Crippen LogP contribution in [0, 0.1) is 0 Å². The van der Waals surface area contributed by atoms with E-state index < -0.39 is 0 Å². The van der Waals surface area contributed by atoms with Crippen LogP contribution in [0.15, 0.2) is 42.6 Å². The van der Waals surface area contributed by atoms with Gasteiger partial charge in [-0.05, 0) is 24.3 Å². The second kappa shape index (κ2) is 6.52. The first-order chi connectivity index (χ1) is 13.3. The van der Waals surface area contributed by atoms with Gasteiger partial charge in [0.25, 0.3) is 0 Å². The maximum atomic E-state index is 5.59. The SMILES string of the molecule is c1cc2c(cc1Nc1cnnc(Nc3ccc4c(c3)OCCO4)n1)OCO2. The number of nitrogens with zero attached hydrogens (tertiary/aromatic N) is 3. The molecular formula is C18H15N5O4. The van der Waals surface area contributed by atoms with Crippen LogP contribution in [-0.2, 0) is 0 Å². The van der Waals surface area contributed by atoms with Gasteiger partial charge in [0.1, 0.15) is 13.2 Å². The van der Waals surface area contributed by atoms with Gasteiger partial charge in [-0.3, -0.25) is 0 Å². The van der Waals surface area contributed by atoms with Crippen molar-refractivity contribution >= 4 is 23.1 Å². The molecule has 3 aromatic rings. The van der Waals surface area contributed by atoms with Gasteiger partial charge in [0.05, 0.1) is 6.20 Å². The summed E-state index contributed by atoms with van der Waals surface area (Å²) >= 11 is 0. The molecule has 9 heteroatoms. The fourth-order valence-electron chi connectivity index (χ4n) is 2.79. The summed E-state index contributed by atoms with van der Waals surface area (Å²) in [7, 11) is 0. The zero-order valence-electron chi connectivity index (χ0n) is 14.1. The number of ether oxygens (including phenoxy) is 4. The Hall–Kier alpha value is -3.75. The van der Waals surface area contributed by atoms with E-state index in [4.69, 9.17) is 18.9 Å². The molecule has 0 bridgehead atoms. The lowest BCUT2D eigenvalue weighted by atomic mass is 10.2. The molecule has 0 atom stereocenters. The third-order valence-corrected chi connectivity index (χ3v) is 4.00. The number of hydrogen-bond donors (Lipinski definition) is 2. The van der Waals surface area contributed by atoms with Gasteiger partial charge in [0.15, 0.2) is 28.8 Å². The van der Waals surface area contributed by atoms with E-state index in [1.54, 1.807) is 6.20 Å². The van der Waals surface area contributed by atoms with Crippen LogP contribution in [0.1, 0.15) is 0 Å². The van der Waals surface area contributed by atoms with E-state index in [1.807, 2.05) is 36.4 Å². The van der Waals surface area contributed by atoms with E-state index in [2.05, 4.69) is 25.8 Å². The van der Waals surface area contributed by atoms with Crippen molar-refractivity contribution in [2.45, 2.75) is 0 Å². The number of nitrogens with one attached hydrogen (secondary N) is 2. The molecule has 3 heterocycles. The molecule has 2 aromatic carbocycles. The topological polar surface area (TPSA) is 99.7 Å². The second-order valence-corrected chi connectivity index (χ2v) is 5.84. The van der Waals surface area contributed by atoms with E-state index in [9.17, 15) is 0 Å². The predicted molar refractivity (Wildman–Crippen MR) is 96.4 cm³/mol. The first-order valence-corrected chi connectivity index (χ1v) is 8.36. The molecular weight excluding hydrogens is 350 g/mol. The van der Waals surface area contributed by atoms with Crippen molar-refractivity contribution in [2.75, 3.05) is 30.6 Å². The van der Waals surface area contributed by atoms with Crippen molar-refractivity contribution in [2.24, 2.45) is 0 Å². The lowest BCUT2D eigenvalue weighted by Crippen LogP contribution is -2.15. The highest BCUT2D eigenvalue weighted by atomic mass is 16.7. The van der Waals surface area contributed by atoms with Crippen molar-refractivity contribution in [1.82, 2.24) is 15.2 Å². The number of rotatable bonds is 4. The Kier molecular flexibility index (Phi) is 3.74. The summed E-state index contributed by atoms with van der Waals surface area (Å²) in [6.45, 7) is 1.32. The summed E-state index contributed by atoms with van der Waals surface area (Å²) in [6.07, 6.45) is 1.54. The average Bonchev–Trinajstić information content (AvgIpc) is 3.16. The van der Waals surface area contributed by atoms with Crippen LogP contribution in [0.5, 0.6) is 23.0 Å². The molecule has 0 spiro atoms. The van der Waals surface area contributed by atoms with Crippen molar-refractivity contribution in [3.8, 4) is 23.0 Å². The predicted octanol–water partition coefficient (Wildman–Crippen LogP) is 2.86. The number of hydrogen-bond acceptors (Lipinski definition) is 9. The summed E-state index contributed by atoms with van der Waals surface area (Å²) in [6, 6.07) is 11.1. The molecule has 0 fully saturated rings. The van der Waals surface area contributed by atoms with Crippen LogP contribution >= 0.6 is 0 Å². The van der Waals surface area contributed by atoms with Gasteiger partial charge in [-0.15, -0.1) is 5.10 Å². The smallest absolute Gasteiger partial charge is 0.249 e. The Bertz CT molecular complexity index is 997. The van der Waals surface area contributed by atoms with Gasteiger partial charge < -0.3 is 29.6 Å². The van der Waals surface area contributed by atoms with Crippen LogP contribution < -0.4 is 29.6 Å². The zero-order chi connectivity index (χ0) is 18.1. The third-order valence-electron chi connectivity index (χ3n) is 4.00. The second-order valence-electron chi connectivity index (χ2n) is 5.84.